The number of fused-ring (bicyclic) bond motifs is 1. The standard InChI is InChI=1S/C15H20N2O2/c1-15(9-4-3-8-12(15)16)14-17-13-10(18-2)6-5-7-11(13)19-14/h5-7,12H,3-4,8-9,16H2,1-2H3. The predicted octanol–water partition coefficient (Wildman–Crippen LogP) is 3.00. The van der Waals surface area contributed by atoms with E-state index in [0.717, 1.165) is 35.6 Å². The van der Waals surface area contributed by atoms with E-state index in [2.05, 4.69) is 11.9 Å². The Morgan fingerprint density at radius 3 is 3.00 bits per heavy atom. The van der Waals surface area contributed by atoms with Crippen LogP contribution in [0, 0.1) is 0 Å². The largest absolute Gasteiger partial charge is 0.494 e. The number of ether oxygens (including phenoxy) is 1. The van der Waals surface area contributed by atoms with E-state index in [1.807, 2.05) is 18.2 Å². The highest BCUT2D eigenvalue weighted by Gasteiger charge is 2.40. The molecule has 2 atom stereocenters. The van der Waals surface area contributed by atoms with Crippen LogP contribution in [0.2, 0.25) is 0 Å². The fraction of sp³-hybridized carbons (Fsp3) is 0.533. The molecule has 1 heterocycles. The summed E-state index contributed by atoms with van der Waals surface area (Å²) in [5, 5.41) is 0. The zero-order valence-electron chi connectivity index (χ0n) is 11.5. The van der Waals surface area contributed by atoms with Gasteiger partial charge in [0.25, 0.3) is 0 Å². The van der Waals surface area contributed by atoms with Crippen LogP contribution in [0.5, 0.6) is 5.75 Å². The Morgan fingerprint density at radius 1 is 1.42 bits per heavy atom. The second-order valence-electron chi connectivity index (χ2n) is 5.60. The van der Waals surface area contributed by atoms with Crippen molar-refractivity contribution in [3.05, 3.63) is 24.1 Å². The van der Waals surface area contributed by atoms with Crippen molar-refractivity contribution in [3.8, 4) is 5.75 Å². The summed E-state index contributed by atoms with van der Waals surface area (Å²) < 4.78 is 11.3. The first-order chi connectivity index (χ1) is 9.15. The summed E-state index contributed by atoms with van der Waals surface area (Å²) in [4.78, 5) is 4.66. The quantitative estimate of drug-likeness (QED) is 0.901. The molecule has 0 saturated heterocycles. The lowest BCUT2D eigenvalue weighted by Gasteiger charge is -2.36. The maximum atomic E-state index is 6.31. The van der Waals surface area contributed by atoms with Gasteiger partial charge in [-0.1, -0.05) is 18.9 Å². The molecule has 1 aliphatic carbocycles. The van der Waals surface area contributed by atoms with E-state index in [4.69, 9.17) is 14.9 Å². The van der Waals surface area contributed by atoms with Gasteiger partial charge < -0.3 is 14.9 Å². The number of oxazole rings is 1. The monoisotopic (exact) mass is 260 g/mol. The van der Waals surface area contributed by atoms with Gasteiger partial charge in [0.05, 0.1) is 12.5 Å². The van der Waals surface area contributed by atoms with Crippen molar-refractivity contribution in [1.82, 2.24) is 4.98 Å². The summed E-state index contributed by atoms with van der Waals surface area (Å²) in [7, 11) is 1.65. The molecule has 1 aliphatic rings. The van der Waals surface area contributed by atoms with Crippen molar-refractivity contribution < 1.29 is 9.15 Å². The van der Waals surface area contributed by atoms with Crippen LogP contribution in [0.15, 0.2) is 22.6 Å². The van der Waals surface area contributed by atoms with Crippen LogP contribution in [0.1, 0.15) is 38.5 Å². The van der Waals surface area contributed by atoms with Crippen molar-refractivity contribution in [2.45, 2.75) is 44.1 Å². The Labute approximate surface area is 112 Å². The van der Waals surface area contributed by atoms with Crippen LogP contribution in [0.3, 0.4) is 0 Å². The second kappa shape index (κ2) is 4.53. The third-order valence-corrected chi connectivity index (χ3v) is 4.37. The molecule has 0 spiro atoms. The summed E-state index contributed by atoms with van der Waals surface area (Å²) in [6.45, 7) is 2.16. The van der Waals surface area contributed by atoms with Gasteiger partial charge in [-0.25, -0.2) is 4.98 Å². The number of hydrogen-bond acceptors (Lipinski definition) is 4. The molecule has 102 valence electrons. The zero-order valence-corrected chi connectivity index (χ0v) is 11.5. The van der Waals surface area contributed by atoms with Gasteiger partial charge in [0.2, 0.25) is 5.89 Å². The van der Waals surface area contributed by atoms with Gasteiger partial charge in [-0.05, 0) is 31.9 Å². The number of para-hydroxylation sites is 1. The number of nitrogens with zero attached hydrogens (tertiary/aromatic N) is 1. The molecule has 19 heavy (non-hydrogen) atoms. The highest BCUT2D eigenvalue weighted by Crippen LogP contribution is 2.40. The minimum atomic E-state index is -0.164. The smallest absolute Gasteiger partial charge is 0.203 e. The van der Waals surface area contributed by atoms with Gasteiger partial charge in [-0.2, -0.15) is 0 Å². The Hall–Kier alpha value is -1.55. The van der Waals surface area contributed by atoms with Crippen LogP contribution in [0.25, 0.3) is 11.1 Å². The lowest BCUT2D eigenvalue weighted by molar-refractivity contribution is 0.226. The van der Waals surface area contributed by atoms with Gasteiger partial charge in [-0.15, -0.1) is 0 Å². The molecular weight excluding hydrogens is 240 g/mol. The highest BCUT2D eigenvalue weighted by molar-refractivity contribution is 5.79. The number of benzene rings is 1. The van der Waals surface area contributed by atoms with E-state index in [0.29, 0.717) is 0 Å². The van der Waals surface area contributed by atoms with E-state index in [9.17, 15) is 0 Å². The Balaban J connectivity index is 2.10. The number of methoxy groups -OCH3 is 1. The number of aromatic nitrogens is 1. The van der Waals surface area contributed by atoms with Crippen LogP contribution in [-0.4, -0.2) is 18.1 Å². The van der Waals surface area contributed by atoms with Crippen LogP contribution < -0.4 is 10.5 Å². The highest BCUT2D eigenvalue weighted by atomic mass is 16.5. The van der Waals surface area contributed by atoms with Crippen molar-refractivity contribution in [3.63, 3.8) is 0 Å². The molecule has 1 aromatic carbocycles. The fourth-order valence-corrected chi connectivity index (χ4v) is 2.96. The summed E-state index contributed by atoms with van der Waals surface area (Å²) >= 11 is 0. The Bertz CT molecular complexity index is 593. The normalized spacial score (nSPS) is 27.6. The summed E-state index contributed by atoms with van der Waals surface area (Å²) in [5.41, 5.74) is 7.70. The average molecular weight is 260 g/mol. The molecule has 2 aromatic rings. The molecule has 0 aliphatic heterocycles. The van der Waals surface area contributed by atoms with Crippen molar-refractivity contribution in [2.75, 3.05) is 7.11 Å². The summed E-state index contributed by atoms with van der Waals surface area (Å²) in [5.74, 6) is 1.50. The number of nitrogens with two attached hydrogens (primary N) is 1. The third kappa shape index (κ3) is 1.91. The molecule has 1 saturated carbocycles. The molecule has 4 heteroatoms. The lowest BCUT2D eigenvalue weighted by Crippen LogP contribution is -2.45. The van der Waals surface area contributed by atoms with Crippen LogP contribution >= 0.6 is 0 Å². The molecular formula is C15H20N2O2. The molecule has 1 aromatic heterocycles. The third-order valence-electron chi connectivity index (χ3n) is 4.37. The molecule has 4 nitrogen and oxygen atoms in total. The zero-order chi connectivity index (χ0) is 13.5. The molecule has 1 fully saturated rings. The molecule has 0 radical (unpaired) electrons. The Morgan fingerprint density at radius 2 is 2.26 bits per heavy atom. The lowest BCUT2D eigenvalue weighted by atomic mass is 9.72. The number of hydrogen-bond donors (Lipinski definition) is 1. The number of rotatable bonds is 2. The van der Waals surface area contributed by atoms with E-state index >= 15 is 0 Å². The SMILES string of the molecule is COc1cccc2oc(C3(C)CCCCC3N)nc12. The van der Waals surface area contributed by atoms with E-state index < -0.39 is 0 Å². The van der Waals surface area contributed by atoms with Gasteiger partial charge in [0.1, 0.15) is 5.75 Å². The molecule has 2 N–H and O–H groups in total. The van der Waals surface area contributed by atoms with Gasteiger partial charge in [-0.3, -0.25) is 0 Å². The minimum Gasteiger partial charge on any atom is -0.494 e. The topological polar surface area (TPSA) is 61.3 Å². The van der Waals surface area contributed by atoms with Crippen molar-refractivity contribution in [2.24, 2.45) is 5.73 Å². The van der Waals surface area contributed by atoms with Gasteiger partial charge >= 0.3 is 0 Å². The molecule has 0 bridgehead atoms. The van der Waals surface area contributed by atoms with Gasteiger partial charge in [0, 0.05) is 6.04 Å². The first kappa shape index (κ1) is 12.5. The van der Waals surface area contributed by atoms with Crippen molar-refractivity contribution >= 4 is 11.1 Å². The minimum absolute atomic E-state index is 0.111. The van der Waals surface area contributed by atoms with Crippen LogP contribution in [0.4, 0.5) is 0 Å². The Kier molecular flexibility index (Phi) is 2.97. The van der Waals surface area contributed by atoms with E-state index in [1.54, 1.807) is 7.11 Å². The van der Waals surface area contributed by atoms with Crippen LogP contribution in [-0.2, 0) is 5.41 Å². The summed E-state index contributed by atoms with van der Waals surface area (Å²) in [6.07, 6.45) is 4.44. The maximum Gasteiger partial charge on any atom is 0.203 e. The van der Waals surface area contributed by atoms with Crippen molar-refractivity contribution in [1.29, 1.82) is 0 Å². The van der Waals surface area contributed by atoms with E-state index in [1.165, 1.54) is 12.8 Å². The predicted molar refractivity (Wildman–Crippen MR) is 74.4 cm³/mol. The fourth-order valence-electron chi connectivity index (χ4n) is 2.96. The molecule has 2 unspecified atom stereocenters. The first-order valence-corrected chi connectivity index (χ1v) is 6.85. The molecule has 3 rings (SSSR count). The summed E-state index contributed by atoms with van der Waals surface area (Å²) in [6, 6.07) is 5.85. The van der Waals surface area contributed by atoms with E-state index in [-0.39, 0.29) is 11.5 Å². The maximum absolute atomic E-state index is 6.31. The second-order valence-corrected chi connectivity index (χ2v) is 5.60. The van der Waals surface area contributed by atoms with Gasteiger partial charge in [0.15, 0.2) is 11.1 Å². The molecule has 0 amide bonds. The average Bonchev–Trinajstić information content (AvgIpc) is 2.86. The first-order valence-electron chi connectivity index (χ1n) is 6.85.